The van der Waals surface area contributed by atoms with Gasteiger partial charge in [-0.2, -0.15) is 0 Å². The highest BCUT2D eigenvalue weighted by atomic mass is 16.3. The Morgan fingerprint density at radius 1 is 1.20 bits per heavy atom. The number of rotatable bonds is 6. The minimum atomic E-state index is 0.163. The van der Waals surface area contributed by atoms with Crippen LogP contribution in [0.25, 0.3) is 0 Å². The zero-order valence-corrected chi connectivity index (χ0v) is 12.2. The van der Waals surface area contributed by atoms with Crippen LogP contribution in [0.4, 0.5) is 0 Å². The van der Waals surface area contributed by atoms with Crippen LogP contribution in [0.3, 0.4) is 0 Å². The Bertz CT molecular complexity index is 456. The van der Waals surface area contributed by atoms with Gasteiger partial charge in [-0.15, -0.1) is 0 Å². The first kappa shape index (κ1) is 13.8. The summed E-state index contributed by atoms with van der Waals surface area (Å²) >= 11 is 0. The molecule has 0 amide bonds. The van der Waals surface area contributed by atoms with Gasteiger partial charge in [0.25, 0.3) is 0 Å². The fourth-order valence-electron chi connectivity index (χ4n) is 3.97. The minimum absolute atomic E-state index is 0.163. The van der Waals surface area contributed by atoms with Crippen molar-refractivity contribution in [3.8, 4) is 0 Å². The SMILES string of the molecule is CC(NC(CO)Cc1ccccc1)C1CC2C=CC1C2. The predicted molar refractivity (Wildman–Crippen MR) is 82.5 cm³/mol. The van der Waals surface area contributed by atoms with Crippen LogP contribution in [0.5, 0.6) is 0 Å². The molecule has 108 valence electrons. The standard InChI is InChI=1S/C18H25NO/c1-13(18-11-15-7-8-16(18)9-15)19-17(12-20)10-14-5-3-2-4-6-14/h2-8,13,15-20H,9-12H2,1H3. The summed E-state index contributed by atoms with van der Waals surface area (Å²) in [6.45, 7) is 2.49. The van der Waals surface area contributed by atoms with Gasteiger partial charge >= 0.3 is 0 Å². The van der Waals surface area contributed by atoms with Crippen LogP contribution in [0.15, 0.2) is 42.5 Å². The number of fused-ring (bicyclic) bond motifs is 2. The molecule has 0 aromatic heterocycles. The largest absolute Gasteiger partial charge is 0.395 e. The Hall–Kier alpha value is -1.12. The minimum Gasteiger partial charge on any atom is -0.395 e. The summed E-state index contributed by atoms with van der Waals surface area (Å²) in [6, 6.07) is 11.1. The fourth-order valence-corrected chi connectivity index (χ4v) is 3.97. The summed E-state index contributed by atoms with van der Waals surface area (Å²) in [6.07, 6.45) is 8.36. The number of aliphatic hydroxyl groups excluding tert-OH is 1. The summed E-state index contributed by atoms with van der Waals surface area (Å²) in [4.78, 5) is 0. The molecule has 0 saturated heterocycles. The van der Waals surface area contributed by atoms with E-state index in [0.717, 1.165) is 24.2 Å². The van der Waals surface area contributed by atoms with Gasteiger partial charge in [0.05, 0.1) is 6.61 Å². The molecule has 1 aromatic rings. The first-order valence-electron chi connectivity index (χ1n) is 7.85. The van der Waals surface area contributed by atoms with E-state index in [1.165, 1.54) is 18.4 Å². The predicted octanol–water partition coefficient (Wildman–Crippen LogP) is 2.78. The van der Waals surface area contributed by atoms with Crippen LogP contribution in [0, 0.1) is 17.8 Å². The molecular weight excluding hydrogens is 246 g/mol. The maximum absolute atomic E-state index is 9.63. The molecule has 1 aromatic carbocycles. The van der Waals surface area contributed by atoms with E-state index in [1.54, 1.807) is 0 Å². The topological polar surface area (TPSA) is 32.3 Å². The van der Waals surface area contributed by atoms with E-state index in [-0.39, 0.29) is 12.6 Å². The quantitative estimate of drug-likeness (QED) is 0.780. The van der Waals surface area contributed by atoms with Gasteiger partial charge < -0.3 is 10.4 Å². The van der Waals surface area contributed by atoms with Crippen molar-refractivity contribution >= 4 is 0 Å². The Morgan fingerprint density at radius 3 is 2.60 bits per heavy atom. The molecule has 0 aliphatic heterocycles. The fraction of sp³-hybridized carbons (Fsp3) is 0.556. The highest BCUT2D eigenvalue weighted by Crippen LogP contribution is 2.44. The Morgan fingerprint density at radius 2 is 2.00 bits per heavy atom. The number of aliphatic hydroxyl groups is 1. The Balaban J connectivity index is 1.56. The monoisotopic (exact) mass is 271 g/mol. The van der Waals surface area contributed by atoms with Crippen molar-refractivity contribution in [3.05, 3.63) is 48.0 Å². The van der Waals surface area contributed by atoms with E-state index in [0.29, 0.717) is 6.04 Å². The lowest BCUT2D eigenvalue weighted by Crippen LogP contribution is -2.45. The van der Waals surface area contributed by atoms with Gasteiger partial charge in [-0.05, 0) is 49.5 Å². The highest BCUT2D eigenvalue weighted by molar-refractivity contribution is 5.16. The first-order chi connectivity index (χ1) is 9.76. The average Bonchev–Trinajstić information content (AvgIpc) is 3.10. The van der Waals surface area contributed by atoms with Gasteiger partial charge in [-0.3, -0.25) is 0 Å². The van der Waals surface area contributed by atoms with Crippen LogP contribution in [-0.2, 0) is 6.42 Å². The van der Waals surface area contributed by atoms with Gasteiger partial charge in [0.1, 0.15) is 0 Å². The van der Waals surface area contributed by atoms with Crippen molar-refractivity contribution < 1.29 is 5.11 Å². The smallest absolute Gasteiger partial charge is 0.0587 e. The third-order valence-corrected chi connectivity index (χ3v) is 5.02. The van der Waals surface area contributed by atoms with Crippen LogP contribution < -0.4 is 5.32 Å². The van der Waals surface area contributed by atoms with Crippen LogP contribution in [0.1, 0.15) is 25.3 Å². The summed E-state index contributed by atoms with van der Waals surface area (Å²) < 4.78 is 0. The molecule has 2 aliphatic carbocycles. The third kappa shape index (κ3) is 2.97. The lowest BCUT2D eigenvalue weighted by Gasteiger charge is -2.30. The normalized spacial score (nSPS) is 30.6. The van der Waals surface area contributed by atoms with Crippen LogP contribution in [-0.4, -0.2) is 23.8 Å². The first-order valence-corrected chi connectivity index (χ1v) is 7.85. The van der Waals surface area contributed by atoms with Crippen molar-refractivity contribution in [1.82, 2.24) is 5.32 Å². The second kappa shape index (κ2) is 6.11. The molecule has 2 bridgehead atoms. The van der Waals surface area contributed by atoms with E-state index in [1.807, 2.05) is 6.07 Å². The summed E-state index contributed by atoms with van der Waals surface area (Å²) in [5, 5.41) is 13.3. The number of nitrogens with one attached hydrogen (secondary N) is 1. The number of hydrogen-bond acceptors (Lipinski definition) is 2. The average molecular weight is 271 g/mol. The van der Waals surface area contributed by atoms with E-state index < -0.39 is 0 Å². The van der Waals surface area contributed by atoms with Crippen molar-refractivity contribution in [2.24, 2.45) is 17.8 Å². The number of hydrogen-bond donors (Lipinski definition) is 2. The maximum Gasteiger partial charge on any atom is 0.0587 e. The van der Waals surface area contributed by atoms with Crippen molar-refractivity contribution in [2.75, 3.05) is 6.61 Å². The molecule has 2 aliphatic rings. The lowest BCUT2D eigenvalue weighted by atomic mass is 9.87. The molecule has 5 unspecified atom stereocenters. The van der Waals surface area contributed by atoms with E-state index in [4.69, 9.17) is 0 Å². The molecule has 2 heteroatoms. The zero-order valence-electron chi connectivity index (χ0n) is 12.2. The summed E-state index contributed by atoms with van der Waals surface area (Å²) in [7, 11) is 0. The molecule has 3 rings (SSSR count). The third-order valence-electron chi connectivity index (χ3n) is 5.02. The molecule has 0 heterocycles. The highest BCUT2D eigenvalue weighted by Gasteiger charge is 2.38. The van der Waals surface area contributed by atoms with Crippen molar-refractivity contribution in [2.45, 2.75) is 38.3 Å². The molecule has 1 saturated carbocycles. The molecule has 2 nitrogen and oxygen atoms in total. The molecule has 5 atom stereocenters. The van der Waals surface area contributed by atoms with Gasteiger partial charge in [0, 0.05) is 12.1 Å². The number of benzene rings is 1. The molecule has 0 radical (unpaired) electrons. The van der Waals surface area contributed by atoms with Gasteiger partial charge in [-0.25, -0.2) is 0 Å². The molecule has 20 heavy (non-hydrogen) atoms. The van der Waals surface area contributed by atoms with Gasteiger partial charge in [0.15, 0.2) is 0 Å². The van der Waals surface area contributed by atoms with Crippen molar-refractivity contribution in [3.63, 3.8) is 0 Å². The summed E-state index contributed by atoms with van der Waals surface area (Å²) in [5.74, 6) is 2.32. The van der Waals surface area contributed by atoms with Gasteiger partial charge in [-0.1, -0.05) is 42.5 Å². The lowest BCUT2D eigenvalue weighted by molar-refractivity contribution is 0.210. The van der Waals surface area contributed by atoms with E-state index >= 15 is 0 Å². The molecule has 2 N–H and O–H groups in total. The Kier molecular flexibility index (Phi) is 4.23. The molecule has 1 fully saturated rings. The van der Waals surface area contributed by atoms with E-state index in [2.05, 4.69) is 48.7 Å². The van der Waals surface area contributed by atoms with E-state index in [9.17, 15) is 5.11 Å². The molecule has 0 spiro atoms. The van der Waals surface area contributed by atoms with Crippen molar-refractivity contribution in [1.29, 1.82) is 0 Å². The second-order valence-corrected chi connectivity index (χ2v) is 6.47. The maximum atomic E-state index is 9.63. The van der Waals surface area contributed by atoms with Crippen LogP contribution in [0.2, 0.25) is 0 Å². The summed E-state index contributed by atoms with van der Waals surface area (Å²) in [5.41, 5.74) is 1.29. The zero-order chi connectivity index (χ0) is 13.9. The Labute approximate surface area is 121 Å². The van der Waals surface area contributed by atoms with Gasteiger partial charge in [0.2, 0.25) is 0 Å². The molecular formula is C18H25NO. The number of allylic oxidation sites excluding steroid dienone is 2. The second-order valence-electron chi connectivity index (χ2n) is 6.47. The van der Waals surface area contributed by atoms with Crippen LogP contribution >= 0.6 is 0 Å².